The molecule has 0 aliphatic carbocycles. The molecule has 0 aromatic carbocycles. The summed E-state index contributed by atoms with van der Waals surface area (Å²) < 4.78 is 120. The zero-order chi connectivity index (χ0) is 21.0. The van der Waals surface area contributed by atoms with Gasteiger partial charge in [0.25, 0.3) is 9.84 Å². The van der Waals surface area contributed by atoms with E-state index in [1.54, 1.807) is 0 Å². The van der Waals surface area contributed by atoms with Crippen LogP contribution in [0.5, 0.6) is 5.88 Å². The molecule has 1 aliphatic heterocycles. The Balaban J connectivity index is 2.67. The van der Waals surface area contributed by atoms with Crippen LogP contribution in [0.3, 0.4) is 0 Å². The average Bonchev–Trinajstić information content (AvgIpc) is 2.98. The van der Waals surface area contributed by atoms with E-state index in [2.05, 4.69) is 19.8 Å². The molecule has 1 aromatic heterocycles. The third-order valence-corrected chi connectivity index (χ3v) is 5.09. The van der Waals surface area contributed by atoms with Crippen molar-refractivity contribution in [2.45, 2.75) is 51.0 Å². The zero-order valence-corrected chi connectivity index (χ0v) is 14.6. The van der Waals surface area contributed by atoms with E-state index in [0.29, 0.717) is 6.92 Å². The molecule has 2 heterocycles. The number of sulfone groups is 1. The van der Waals surface area contributed by atoms with Crippen LogP contribution in [0.2, 0.25) is 0 Å². The zero-order valence-electron chi connectivity index (χ0n) is 13.8. The van der Waals surface area contributed by atoms with Crippen molar-refractivity contribution in [1.82, 2.24) is 9.78 Å². The second-order valence-electron chi connectivity index (χ2n) is 6.06. The third-order valence-electron chi connectivity index (χ3n) is 3.37. The normalized spacial score (nSPS) is 17.8. The Kier molecular flexibility index (Phi) is 4.91. The molecule has 2 rings (SSSR count). The molecule has 0 unspecified atom stereocenters. The Hall–Kier alpha value is -2.06. The summed E-state index contributed by atoms with van der Waals surface area (Å²) in [6.07, 6.45) is -6.13. The SMILES string of the molecule is Cc1nn(C(F)(F)F)c(OC(F)F)c1C(F)(F)S(=O)(=O)C1=NOC(C)(C)C1. The van der Waals surface area contributed by atoms with Gasteiger partial charge in [0.05, 0.1) is 5.69 Å². The Labute approximate surface area is 147 Å². The van der Waals surface area contributed by atoms with Crippen molar-refractivity contribution in [3.8, 4) is 5.88 Å². The molecule has 7 nitrogen and oxygen atoms in total. The summed E-state index contributed by atoms with van der Waals surface area (Å²) in [7, 11) is -5.73. The molecule has 0 saturated heterocycles. The molecule has 0 N–H and O–H groups in total. The van der Waals surface area contributed by atoms with Crippen LogP contribution in [0, 0.1) is 6.92 Å². The predicted octanol–water partition coefficient (Wildman–Crippen LogP) is 3.25. The Morgan fingerprint density at radius 2 is 1.78 bits per heavy atom. The summed E-state index contributed by atoms with van der Waals surface area (Å²) in [5.41, 5.74) is -4.39. The molecule has 0 spiro atoms. The molecule has 0 saturated carbocycles. The molecule has 1 aromatic rings. The van der Waals surface area contributed by atoms with Gasteiger partial charge in [0.15, 0.2) is 5.04 Å². The summed E-state index contributed by atoms with van der Waals surface area (Å²) >= 11 is 0. The van der Waals surface area contributed by atoms with E-state index in [0.717, 1.165) is 0 Å². The topological polar surface area (TPSA) is 82.8 Å². The van der Waals surface area contributed by atoms with Crippen molar-refractivity contribution in [2.24, 2.45) is 5.16 Å². The van der Waals surface area contributed by atoms with E-state index < -0.39 is 66.9 Å². The van der Waals surface area contributed by atoms with Gasteiger partial charge in [-0.15, -0.1) is 17.9 Å². The molecule has 15 heteroatoms. The number of ether oxygens (including phenoxy) is 1. The monoisotopic (exact) mass is 427 g/mol. The van der Waals surface area contributed by atoms with Gasteiger partial charge in [-0.05, 0) is 20.8 Å². The lowest BCUT2D eigenvalue weighted by Crippen LogP contribution is -2.34. The minimum absolute atomic E-state index is 0.593. The minimum atomic E-state index is -5.73. The number of hydrogen-bond acceptors (Lipinski definition) is 6. The van der Waals surface area contributed by atoms with Crippen molar-refractivity contribution in [2.75, 3.05) is 0 Å². The van der Waals surface area contributed by atoms with E-state index in [1.807, 2.05) is 0 Å². The minimum Gasteiger partial charge on any atom is -0.416 e. The number of nitrogens with zero attached hydrogens (tertiary/aromatic N) is 3. The highest BCUT2D eigenvalue weighted by molar-refractivity contribution is 8.06. The Morgan fingerprint density at radius 1 is 1.22 bits per heavy atom. The van der Waals surface area contributed by atoms with Gasteiger partial charge in [-0.3, -0.25) is 0 Å². The maximum Gasteiger partial charge on any atom is 0.507 e. The first-order valence-corrected chi connectivity index (χ1v) is 8.48. The number of aromatic nitrogens is 2. The van der Waals surface area contributed by atoms with Crippen LogP contribution in [-0.4, -0.2) is 35.5 Å². The number of alkyl halides is 7. The van der Waals surface area contributed by atoms with Gasteiger partial charge >= 0.3 is 18.2 Å². The van der Waals surface area contributed by atoms with Crippen LogP contribution < -0.4 is 4.74 Å². The van der Waals surface area contributed by atoms with E-state index in [4.69, 9.17) is 0 Å². The first-order valence-electron chi connectivity index (χ1n) is 7.00. The van der Waals surface area contributed by atoms with Crippen molar-refractivity contribution in [3.63, 3.8) is 0 Å². The second-order valence-corrected chi connectivity index (χ2v) is 8.05. The van der Waals surface area contributed by atoms with Gasteiger partial charge in [-0.2, -0.15) is 22.7 Å². The van der Waals surface area contributed by atoms with Gasteiger partial charge in [-0.25, -0.2) is 8.42 Å². The standard InChI is InChI=1S/C12H12F7N3O4S/c1-5-7(8(25-9(13)14)22(20-5)12(17,18)19)11(15,16)27(23,24)6-4-10(2,3)26-21-6/h9H,4H2,1-3H3. The van der Waals surface area contributed by atoms with Crippen LogP contribution in [0.1, 0.15) is 31.5 Å². The van der Waals surface area contributed by atoms with E-state index in [-0.39, 0.29) is 0 Å². The van der Waals surface area contributed by atoms with Gasteiger partial charge < -0.3 is 9.57 Å². The smallest absolute Gasteiger partial charge is 0.416 e. The molecular formula is C12H12F7N3O4S. The highest BCUT2D eigenvalue weighted by Gasteiger charge is 2.58. The molecule has 0 fully saturated rings. The first kappa shape index (κ1) is 21.2. The summed E-state index contributed by atoms with van der Waals surface area (Å²) in [5, 5.41) is -0.531. The number of oxime groups is 1. The molecule has 0 bridgehead atoms. The van der Waals surface area contributed by atoms with E-state index in [1.165, 1.54) is 13.8 Å². The van der Waals surface area contributed by atoms with Crippen LogP contribution in [0.15, 0.2) is 5.16 Å². The van der Waals surface area contributed by atoms with Crippen molar-refractivity contribution in [1.29, 1.82) is 0 Å². The Bertz CT molecular complexity index is 874. The van der Waals surface area contributed by atoms with Gasteiger partial charge in [0.2, 0.25) is 5.88 Å². The van der Waals surface area contributed by atoms with Crippen molar-refractivity contribution >= 4 is 14.9 Å². The fourth-order valence-corrected chi connectivity index (χ4v) is 3.71. The van der Waals surface area contributed by atoms with Crippen LogP contribution >= 0.6 is 0 Å². The summed E-state index contributed by atoms with van der Waals surface area (Å²) in [5.74, 6) is -2.14. The lowest BCUT2D eigenvalue weighted by molar-refractivity contribution is -0.218. The summed E-state index contributed by atoms with van der Waals surface area (Å²) in [6, 6.07) is 0. The first-order chi connectivity index (χ1) is 12.0. The molecule has 0 radical (unpaired) electrons. The number of hydrogen-bond donors (Lipinski definition) is 0. The highest BCUT2D eigenvalue weighted by Crippen LogP contribution is 2.46. The molecule has 154 valence electrons. The maximum absolute atomic E-state index is 14.7. The third kappa shape index (κ3) is 3.68. The molecule has 27 heavy (non-hydrogen) atoms. The predicted molar refractivity (Wildman–Crippen MR) is 74.9 cm³/mol. The quantitative estimate of drug-likeness (QED) is 0.689. The van der Waals surface area contributed by atoms with E-state index >= 15 is 0 Å². The molecule has 1 aliphatic rings. The van der Waals surface area contributed by atoms with Crippen LogP contribution in [-0.2, 0) is 26.2 Å². The van der Waals surface area contributed by atoms with Crippen LogP contribution in [0.25, 0.3) is 0 Å². The second kappa shape index (κ2) is 6.24. The maximum atomic E-state index is 14.7. The van der Waals surface area contributed by atoms with Crippen molar-refractivity contribution in [3.05, 3.63) is 11.3 Å². The number of rotatable bonds is 4. The van der Waals surface area contributed by atoms with Gasteiger partial charge in [-0.1, -0.05) is 5.16 Å². The largest absolute Gasteiger partial charge is 0.507 e. The average molecular weight is 427 g/mol. The van der Waals surface area contributed by atoms with Crippen LogP contribution in [0.4, 0.5) is 30.7 Å². The number of halogens is 7. The van der Waals surface area contributed by atoms with Gasteiger partial charge in [0.1, 0.15) is 11.2 Å². The molecule has 0 amide bonds. The summed E-state index contributed by atoms with van der Waals surface area (Å²) in [4.78, 5) is 4.68. The molecule has 0 atom stereocenters. The fourth-order valence-electron chi connectivity index (χ4n) is 2.24. The fraction of sp³-hybridized carbons (Fsp3) is 0.667. The Morgan fingerprint density at radius 3 is 2.19 bits per heavy atom. The lowest BCUT2D eigenvalue weighted by atomic mass is 10.1. The number of aryl methyl sites for hydroxylation is 1. The highest BCUT2D eigenvalue weighted by atomic mass is 32.2. The summed E-state index contributed by atoms with van der Waals surface area (Å²) in [6.45, 7) is -0.702. The lowest BCUT2D eigenvalue weighted by Gasteiger charge is -2.19. The van der Waals surface area contributed by atoms with Gasteiger partial charge in [0, 0.05) is 6.42 Å². The van der Waals surface area contributed by atoms with E-state index in [9.17, 15) is 39.2 Å². The molecular weight excluding hydrogens is 415 g/mol. The van der Waals surface area contributed by atoms with Crippen molar-refractivity contribution < 1.29 is 48.7 Å².